The first-order valence-electron chi connectivity index (χ1n) is 4.67. The number of aromatic nitrogens is 2. The molecule has 0 amide bonds. The van der Waals surface area contributed by atoms with Gasteiger partial charge in [0.05, 0.1) is 9.26 Å². The number of aryl methyl sites for hydroxylation is 1. The smallest absolute Gasteiger partial charge is 0.161 e. The van der Waals surface area contributed by atoms with Crippen LogP contribution in [0.5, 0.6) is 5.75 Å². The molecule has 4 nitrogen and oxygen atoms in total. The summed E-state index contributed by atoms with van der Waals surface area (Å²) in [5, 5.41) is 9.19. The molecule has 82 valence electrons. The lowest BCUT2D eigenvalue weighted by Crippen LogP contribution is -2.01. The summed E-state index contributed by atoms with van der Waals surface area (Å²) >= 11 is 2.12. The Balaban J connectivity index is 2.52. The van der Waals surface area contributed by atoms with E-state index in [1.54, 1.807) is 24.3 Å². The SMILES string of the molecule is Cc1nc(-c2ccc(O)cc2)nc(N)c1I. The van der Waals surface area contributed by atoms with Crippen LogP contribution in [0.4, 0.5) is 5.82 Å². The predicted molar refractivity (Wildman–Crippen MR) is 71.0 cm³/mol. The highest BCUT2D eigenvalue weighted by molar-refractivity contribution is 14.1. The standard InChI is InChI=1S/C11H10IN3O/c1-6-9(12)10(13)15-11(14-6)7-2-4-8(16)5-3-7/h2-5,16H,1H3,(H2,13,14,15). The molecule has 1 aromatic heterocycles. The zero-order valence-electron chi connectivity index (χ0n) is 8.61. The Labute approximate surface area is 107 Å². The third-order valence-electron chi connectivity index (χ3n) is 2.17. The summed E-state index contributed by atoms with van der Waals surface area (Å²) in [6.07, 6.45) is 0. The van der Waals surface area contributed by atoms with Gasteiger partial charge in [-0.25, -0.2) is 9.97 Å². The van der Waals surface area contributed by atoms with Crippen molar-refractivity contribution in [3.05, 3.63) is 33.5 Å². The Hall–Kier alpha value is -1.37. The van der Waals surface area contributed by atoms with Gasteiger partial charge < -0.3 is 10.8 Å². The lowest BCUT2D eigenvalue weighted by molar-refractivity contribution is 0.475. The molecule has 0 saturated heterocycles. The number of halogens is 1. The summed E-state index contributed by atoms with van der Waals surface area (Å²) in [7, 11) is 0. The third-order valence-corrected chi connectivity index (χ3v) is 3.50. The summed E-state index contributed by atoms with van der Waals surface area (Å²) in [5.41, 5.74) is 7.48. The van der Waals surface area contributed by atoms with Gasteiger partial charge in [-0.05, 0) is 53.8 Å². The van der Waals surface area contributed by atoms with E-state index in [1.165, 1.54) is 0 Å². The number of nitrogen functional groups attached to an aromatic ring is 1. The van der Waals surface area contributed by atoms with Crippen molar-refractivity contribution >= 4 is 28.4 Å². The molecule has 16 heavy (non-hydrogen) atoms. The largest absolute Gasteiger partial charge is 0.508 e. The van der Waals surface area contributed by atoms with E-state index in [2.05, 4.69) is 32.6 Å². The van der Waals surface area contributed by atoms with Gasteiger partial charge in [0.15, 0.2) is 5.82 Å². The second kappa shape index (κ2) is 4.25. The number of anilines is 1. The maximum absolute atomic E-state index is 9.19. The number of phenolic OH excluding ortho intramolecular Hbond substituents is 1. The van der Waals surface area contributed by atoms with Crippen molar-refractivity contribution in [3.8, 4) is 17.1 Å². The highest BCUT2D eigenvalue weighted by Gasteiger charge is 2.08. The van der Waals surface area contributed by atoms with Crippen molar-refractivity contribution < 1.29 is 5.11 Å². The second-order valence-electron chi connectivity index (χ2n) is 3.38. The molecule has 1 heterocycles. The molecule has 1 aromatic carbocycles. The Kier molecular flexibility index (Phi) is 2.95. The van der Waals surface area contributed by atoms with Crippen LogP contribution in [0.25, 0.3) is 11.4 Å². The van der Waals surface area contributed by atoms with Crippen LogP contribution in [0.3, 0.4) is 0 Å². The van der Waals surface area contributed by atoms with Crippen LogP contribution in [-0.2, 0) is 0 Å². The summed E-state index contributed by atoms with van der Waals surface area (Å²) in [4.78, 5) is 8.56. The van der Waals surface area contributed by atoms with Crippen molar-refractivity contribution in [2.24, 2.45) is 0 Å². The zero-order valence-corrected chi connectivity index (χ0v) is 10.8. The number of nitrogens with zero attached hydrogens (tertiary/aromatic N) is 2. The molecule has 0 aliphatic rings. The fourth-order valence-electron chi connectivity index (χ4n) is 1.32. The van der Waals surface area contributed by atoms with Crippen molar-refractivity contribution in [2.45, 2.75) is 6.92 Å². The zero-order chi connectivity index (χ0) is 11.7. The van der Waals surface area contributed by atoms with Crippen molar-refractivity contribution in [1.82, 2.24) is 9.97 Å². The highest BCUT2D eigenvalue weighted by atomic mass is 127. The van der Waals surface area contributed by atoms with E-state index in [0.717, 1.165) is 14.8 Å². The van der Waals surface area contributed by atoms with E-state index < -0.39 is 0 Å². The Morgan fingerprint density at radius 1 is 1.19 bits per heavy atom. The van der Waals surface area contributed by atoms with Gasteiger partial charge in [0, 0.05) is 5.56 Å². The first kappa shape index (κ1) is 11.1. The van der Waals surface area contributed by atoms with Gasteiger partial charge in [0.1, 0.15) is 11.6 Å². The van der Waals surface area contributed by atoms with Crippen LogP contribution in [0.1, 0.15) is 5.69 Å². The maximum Gasteiger partial charge on any atom is 0.161 e. The van der Waals surface area contributed by atoms with Crippen molar-refractivity contribution in [3.63, 3.8) is 0 Å². The molecule has 0 atom stereocenters. The number of benzene rings is 1. The monoisotopic (exact) mass is 327 g/mol. The Morgan fingerprint density at radius 2 is 1.81 bits per heavy atom. The summed E-state index contributed by atoms with van der Waals surface area (Å²) in [5.74, 6) is 1.28. The van der Waals surface area contributed by atoms with Crippen LogP contribution in [0, 0.1) is 10.5 Å². The number of hydrogen-bond acceptors (Lipinski definition) is 4. The third kappa shape index (κ3) is 2.08. The van der Waals surface area contributed by atoms with E-state index in [1.807, 2.05) is 6.92 Å². The molecule has 0 aliphatic heterocycles. The molecule has 0 unspecified atom stereocenters. The van der Waals surface area contributed by atoms with Crippen molar-refractivity contribution in [1.29, 1.82) is 0 Å². The van der Waals surface area contributed by atoms with E-state index in [0.29, 0.717) is 11.6 Å². The average Bonchev–Trinajstić information content (AvgIpc) is 2.26. The predicted octanol–water partition coefficient (Wildman–Crippen LogP) is 2.34. The molecule has 2 aromatic rings. The Bertz CT molecular complexity index is 502. The molecular weight excluding hydrogens is 317 g/mol. The molecular formula is C11H10IN3O. The molecule has 5 heteroatoms. The fraction of sp³-hybridized carbons (Fsp3) is 0.0909. The summed E-state index contributed by atoms with van der Waals surface area (Å²) in [6.45, 7) is 1.89. The molecule has 0 saturated carbocycles. The van der Waals surface area contributed by atoms with Gasteiger partial charge in [0.2, 0.25) is 0 Å². The first-order chi connectivity index (χ1) is 7.58. The van der Waals surface area contributed by atoms with Gasteiger partial charge in [-0.2, -0.15) is 0 Å². The van der Waals surface area contributed by atoms with E-state index in [4.69, 9.17) is 5.73 Å². The van der Waals surface area contributed by atoms with Crippen LogP contribution in [0.2, 0.25) is 0 Å². The minimum absolute atomic E-state index is 0.221. The van der Waals surface area contributed by atoms with Crippen LogP contribution in [0.15, 0.2) is 24.3 Å². The molecule has 0 radical (unpaired) electrons. The summed E-state index contributed by atoms with van der Waals surface area (Å²) < 4.78 is 0.875. The molecule has 0 bridgehead atoms. The normalized spacial score (nSPS) is 10.4. The molecule has 3 N–H and O–H groups in total. The molecule has 0 spiro atoms. The molecule has 2 rings (SSSR count). The number of nitrogens with two attached hydrogens (primary N) is 1. The second-order valence-corrected chi connectivity index (χ2v) is 4.46. The van der Waals surface area contributed by atoms with E-state index in [9.17, 15) is 5.11 Å². The van der Waals surface area contributed by atoms with Gasteiger partial charge in [0.25, 0.3) is 0 Å². The van der Waals surface area contributed by atoms with Gasteiger partial charge in [-0.3, -0.25) is 0 Å². The lowest BCUT2D eigenvalue weighted by Gasteiger charge is -2.05. The number of rotatable bonds is 1. The van der Waals surface area contributed by atoms with E-state index in [-0.39, 0.29) is 5.75 Å². The fourth-order valence-corrected chi connectivity index (χ4v) is 1.56. The van der Waals surface area contributed by atoms with Crippen molar-refractivity contribution in [2.75, 3.05) is 5.73 Å². The first-order valence-corrected chi connectivity index (χ1v) is 5.75. The number of aromatic hydroxyl groups is 1. The minimum atomic E-state index is 0.221. The van der Waals surface area contributed by atoms with Crippen LogP contribution in [-0.4, -0.2) is 15.1 Å². The highest BCUT2D eigenvalue weighted by Crippen LogP contribution is 2.22. The number of hydrogen-bond donors (Lipinski definition) is 2. The van der Waals surface area contributed by atoms with Crippen LogP contribution < -0.4 is 5.73 Å². The minimum Gasteiger partial charge on any atom is -0.508 e. The van der Waals surface area contributed by atoms with Gasteiger partial charge in [-0.1, -0.05) is 0 Å². The number of phenols is 1. The molecule has 0 fully saturated rings. The quantitative estimate of drug-likeness (QED) is 0.789. The molecule has 0 aliphatic carbocycles. The van der Waals surface area contributed by atoms with Gasteiger partial charge in [-0.15, -0.1) is 0 Å². The van der Waals surface area contributed by atoms with E-state index >= 15 is 0 Å². The summed E-state index contributed by atoms with van der Waals surface area (Å²) in [6, 6.07) is 6.72. The maximum atomic E-state index is 9.19. The van der Waals surface area contributed by atoms with Crippen LogP contribution >= 0.6 is 22.6 Å². The lowest BCUT2D eigenvalue weighted by atomic mass is 10.2. The Morgan fingerprint density at radius 3 is 2.38 bits per heavy atom. The van der Waals surface area contributed by atoms with Gasteiger partial charge >= 0.3 is 0 Å². The average molecular weight is 327 g/mol. The topological polar surface area (TPSA) is 72.0 Å².